The summed E-state index contributed by atoms with van der Waals surface area (Å²) in [5.41, 5.74) is 11.1. The van der Waals surface area contributed by atoms with Crippen LogP contribution in [0.4, 0.5) is 0 Å². The standard InChI is InChI=1S/C34H59N9O14/c1-7-17(6)27(43-30(53)19(10-15(2)3)38-32(55)22(14-45)40-28(51)18(35)8-9-24(47)48)34(57)39-20(11-23(36)46)31(54)42-26(16(4)5)33(56)41-21(13-44)29(52)37-12-25(49)50/h15-22,26-27,44-45H,7-14,35H2,1-6H3,(H2,36,46)(H,37,52)(H,38,55)(H,39,57)(H,40,51)(H,41,56)(H,42,54)(H,43,53)(H,47,48)(H,49,50)/t17-,18-,19-,20-,21-,22-,26-,27-/m0/s1. The summed E-state index contributed by atoms with van der Waals surface area (Å²) < 4.78 is 0. The van der Waals surface area contributed by atoms with Gasteiger partial charge in [-0.05, 0) is 30.6 Å². The quantitative estimate of drug-likeness (QED) is 0.0369. The number of aliphatic hydroxyl groups is 2. The molecule has 0 unspecified atom stereocenters. The van der Waals surface area contributed by atoms with E-state index in [4.69, 9.17) is 21.7 Å². The Labute approximate surface area is 329 Å². The minimum Gasteiger partial charge on any atom is -0.481 e. The number of nitrogens with one attached hydrogen (secondary N) is 7. The molecule has 8 atom stereocenters. The first-order valence-corrected chi connectivity index (χ1v) is 18.3. The molecule has 15 N–H and O–H groups in total. The van der Waals surface area contributed by atoms with Crippen LogP contribution in [-0.2, 0) is 47.9 Å². The van der Waals surface area contributed by atoms with Crippen LogP contribution >= 0.6 is 0 Å². The average Bonchev–Trinajstić information content (AvgIpc) is 3.12. The molecule has 0 aliphatic heterocycles. The third-order valence-corrected chi connectivity index (χ3v) is 8.47. The molecule has 0 aromatic rings. The average molecular weight is 818 g/mol. The number of carbonyl (C=O) groups is 10. The van der Waals surface area contributed by atoms with Gasteiger partial charge in [-0.25, -0.2) is 0 Å². The van der Waals surface area contributed by atoms with E-state index in [2.05, 4.69) is 31.9 Å². The number of carboxylic acid groups (broad SMARTS) is 2. The summed E-state index contributed by atoms with van der Waals surface area (Å²) in [5.74, 6) is -11.9. The molecule has 0 radical (unpaired) electrons. The Morgan fingerprint density at radius 1 is 0.579 bits per heavy atom. The maximum atomic E-state index is 13.7. The van der Waals surface area contributed by atoms with E-state index in [9.17, 15) is 58.2 Å². The van der Waals surface area contributed by atoms with Crippen LogP contribution in [0.25, 0.3) is 0 Å². The van der Waals surface area contributed by atoms with Gasteiger partial charge in [0.1, 0.15) is 42.8 Å². The minimum absolute atomic E-state index is 0.0142. The largest absolute Gasteiger partial charge is 0.481 e. The van der Waals surface area contributed by atoms with Crippen LogP contribution in [0.5, 0.6) is 0 Å². The predicted molar refractivity (Wildman–Crippen MR) is 199 cm³/mol. The van der Waals surface area contributed by atoms with E-state index in [1.807, 2.05) is 5.32 Å². The van der Waals surface area contributed by atoms with Gasteiger partial charge in [-0.3, -0.25) is 47.9 Å². The zero-order valence-electron chi connectivity index (χ0n) is 33.0. The highest BCUT2D eigenvalue weighted by Gasteiger charge is 2.36. The fourth-order valence-electron chi connectivity index (χ4n) is 5.02. The van der Waals surface area contributed by atoms with Crippen LogP contribution in [-0.4, -0.2) is 142 Å². The van der Waals surface area contributed by atoms with Crippen LogP contribution in [0.2, 0.25) is 0 Å². The van der Waals surface area contributed by atoms with Crippen molar-refractivity contribution in [3.8, 4) is 0 Å². The summed E-state index contributed by atoms with van der Waals surface area (Å²) in [4.78, 5) is 125. The Balaban J connectivity index is 6.18. The summed E-state index contributed by atoms with van der Waals surface area (Å²) in [6.45, 7) is 7.14. The summed E-state index contributed by atoms with van der Waals surface area (Å²) in [6, 6.07) is -10.3. The molecule has 0 saturated heterocycles. The number of rotatable bonds is 27. The second kappa shape index (κ2) is 25.7. The fraction of sp³-hybridized carbons (Fsp3) is 0.706. The molecule has 0 heterocycles. The number of hydrogen-bond donors (Lipinski definition) is 13. The molecule has 0 bridgehead atoms. The SMILES string of the molecule is CC[C@H](C)[C@H](NC(=O)[C@H](CC(C)C)NC(=O)[C@H](CO)NC(=O)[C@@H](N)CCC(=O)O)C(=O)N[C@@H](CC(N)=O)C(=O)N[C@H](C(=O)N[C@@H](CO)C(=O)NCC(=O)O)C(C)C. The molecule has 324 valence electrons. The van der Waals surface area contributed by atoms with Crippen molar-refractivity contribution in [3.05, 3.63) is 0 Å². The Kier molecular flexibility index (Phi) is 23.2. The van der Waals surface area contributed by atoms with Gasteiger partial charge in [0.15, 0.2) is 0 Å². The number of aliphatic hydroxyl groups excluding tert-OH is 2. The van der Waals surface area contributed by atoms with Crippen molar-refractivity contribution in [2.24, 2.45) is 29.2 Å². The Morgan fingerprint density at radius 2 is 1.04 bits per heavy atom. The minimum atomic E-state index is -1.69. The van der Waals surface area contributed by atoms with Crippen molar-refractivity contribution < 1.29 is 68.4 Å². The first-order chi connectivity index (χ1) is 26.5. The third kappa shape index (κ3) is 19.3. The number of amides is 8. The van der Waals surface area contributed by atoms with E-state index in [-0.39, 0.29) is 18.8 Å². The van der Waals surface area contributed by atoms with Crippen molar-refractivity contribution in [2.45, 2.75) is 116 Å². The van der Waals surface area contributed by atoms with Crippen LogP contribution in [0, 0.1) is 17.8 Å². The van der Waals surface area contributed by atoms with Gasteiger partial charge in [0.2, 0.25) is 47.3 Å². The van der Waals surface area contributed by atoms with E-state index in [1.54, 1.807) is 27.7 Å². The van der Waals surface area contributed by atoms with Gasteiger partial charge >= 0.3 is 11.9 Å². The number of carboxylic acids is 2. The molecule has 23 heteroatoms. The van der Waals surface area contributed by atoms with Crippen LogP contribution < -0.4 is 48.7 Å². The second-order valence-electron chi connectivity index (χ2n) is 14.2. The van der Waals surface area contributed by atoms with Crippen molar-refractivity contribution in [3.63, 3.8) is 0 Å². The molecule has 0 saturated carbocycles. The van der Waals surface area contributed by atoms with E-state index >= 15 is 0 Å². The van der Waals surface area contributed by atoms with E-state index in [0.29, 0.717) is 6.42 Å². The number of primary amides is 1. The fourth-order valence-corrected chi connectivity index (χ4v) is 5.02. The van der Waals surface area contributed by atoms with Crippen molar-refractivity contribution in [1.29, 1.82) is 0 Å². The molecule has 0 aliphatic rings. The van der Waals surface area contributed by atoms with E-state index in [1.165, 1.54) is 13.8 Å². The van der Waals surface area contributed by atoms with Gasteiger partial charge in [-0.2, -0.15) is 0 Å². The van der Waals surface area contributed by atoms with Gasteiger partial charge in [-0.15, -0.1) is 0 Å². The van der Waals surface area contributed by atoms with Crippen LogP contribution in [0.1, 0.15) is 73.6 Å². The first-order valence-electron chi connectivity index (χ1n) is 18.3. The lowest BCUT2D eigenvalue weighted by Gasteiger charge is -2.30. The van der Waals surface area contributed by atoms with Crippen LogP contribution in [0.3, 0.4) is 0 Å². The monoisotopic (exact) mass is 817 g/mol. The molecule has 23 nitrogen and oxygen atoms in total. The first kappa shape index (κ1) is 51.6. The molecular formula is C34H59N9O14. The van der Waals surface area contributed by atoms with Crippen LogP contribution in [0.15, 0.2) is 0 Å². The van der Waals surface area contributed by atoms with E-state index in [0.717, 1.165) is 0 Å². The number of aliphatic carboxylic acids is 2. The summed E-state index contributed by atoms with van der Waals surface area (Å²) in [6.07, 6.45) is -1.13. The smallest absolute Gasteiger partial charge is 0.322 e. The molecule has 0 rings (SSSR count). The Bertz CT molecular complexity index is 1440. The van der Waals surface area contributed by atoms with Crippen molar-refractivity contribution in [1.82, 2.24) is 37.2 Å². The van der Waals surface area contributed by atoms with E-state index < -0.39 is 146 Å². The number of nitrogens with two attached hydrogens (primary N) is 2. The van der Waals surface area contributed by atoms with Crippen molar-refractivity contribution >= 4 is 59.2 Å². The second-order valence-corrected chi connectivity index (χ2v) is 14.2. The summed E-state index contributed by atoms with van der Waals surface area (Å²) in [5, 5.41) is 53.2. The van der Waals surface area contributed by atoms with Gasteiger partial charge < -0.3 is 69.1 Å². The predicted octanol–water partition coefficient (Wildman–Crippen LogP) is -5.10. The topological polar surface area (TPSA) is 388 Å². The normalized spacial score (nSPS) is 15.3. The van der Waals surface area contributed by atoms with Gasteiger partial charge in [0.25, 0.3) is 0 Å². The zero-order valence-corrected chi connectivity index (χ0v) is 33.0. The highest BCUT2D eigenvalue weighted by atomic mass is 16.4. The highest BCUT2D eigenvalue weighted by Crippen LogP contribution is 2.13. The lowest BCUT2D eigenvalue weighted by molar-refractivity contribution is -0.139. The zero-order chi connectivity index (χ0) is 44.2. The molecular weight excluding hydrogens is 758 g/mol. The maximum Gasteiger partial charge on any atom is 0.322 e. The molecule has 8 amide bonds. The summed E-state index contributed by atoms with van der Waals surface area (Å²) in [7, 11) is 0. The third-order valence-electron chi connectivity index (χ3n) is 8.47. The van der Waals surface area contributed by atoms with Gasteiger partial charge in [0, 0.05) is 6.42 Å². The Hall–Kier alpha value is -5.42. The molecule has 0 aromatic carbocycles. The summed E-state index contributed by atoms with van der Waals surface area (Å²) >= 11 is 0. The van der Waals surface area contributed by atoms with Gasteiger partial charge in [-0.1, -0.05) is 48.0 Å². The highest BCUT2D eigenvalue weighted by molar-refractivity contribution is 5.98. The lowest BCUT2D eigenvalue weighted by Crippen LogP contribution is -2.62. The number of carbonyl (C=O) groups excluding carboxylic acids is 8. The number of hydrogen-bond acceptors (Lipinski definition) is 13. The maximum absolute atomic E-state index is 13.7. The van der Waals surface area contributed by atoms with Crippen molar-refractivity contribution in [2.75, 3.05) is 19.8 Å². The van der Waals surface area contributed by atoms with Gasteiger partial charge in [0.05, 0.1) is 25.7 Å². The molecule has 0 aromatic heterocycles. The molecule has 0 aliphatic carbocycles. The Morgan fingerprint density at radius 3 is 1.51 bits per heavy atom. The molecule has 0 fully saturated rings. The molecule has 0 spiro atoms. The lowest BCUT2D eigenvalue weighted by atomic mass is 9.96. The molecule has 57 heavy (non-hydrogen) atoms.